The van der Waals surface area contributed by atoms with Crippen LogP contribution >= 0.6 is 0 Å². The van der Waals surface area contributed by atoms with Gasteiger partial charge in [-0.2, -0.15) is 13.2 Å². The topological polar surface area (TPSA) is 122 Å². The molecule has 1 fully saturated rings. The van der Waals surface area contributed by atoms with Gasteiger partial charge in [-0.05, 0) is 54.7 Å². The van der Waals surface area contributed by atoms with Crippen LogP contribution in [0.25, 0.3) is 22.2 Å². The van der Waals surface area contributed by atoms with E-state index in [-0.39, 0.29) is 11.6 Å². The second-order valence-corrected chi connectivity index (χ2v) is 11.2. The maximum Gasteiger partial charge on any atom is 0.491 e. The lowest BCUT2D eigenvalue weighted by molar-refractivity contribution is -0.202. The number of esters is 2. The summed E-state index contributed by atoms with van der Waals surface area (Å²) >= 11 is 0. The number of hydrogen-bond donors (Lipinski definition) is 1. The van der Waals surface area contributed by atoms with Gasteiger partial charge in [0.1, 0.15) is 23.7 Å². The summed E-state index contributed by atoms with van der Waals surface area (Å²) in [5.74, 6) is -3.25. The third-order valence-corrected chi connectivity index (χ3v) is 8.06. The smallest absolute Gasteiger partial charge is 0.491 e. The van der Waals surface area contributed by atoms with E-state index in [4.69, 9.17) is 14.5 Å². The Morgan fingerprint density at radius 2 is 1.72 bits per heavy atom. The average molecular weight is 639 g/mol. The van der Waals surface area contributed by atoms with Crippen LogP contribution in [0.1, 0.15) is 53.7 Å². The highest BCUT2D eigenvalue weighted by Crippen LogP contribution is 2.38. The number of carbonyl (C=O) groups is 3. The Hall–Kier alpha value is -4.94. The van der Waals surface area contributed by atoms with Gasteiger partial charge in [-0.3, -0.25) is 10.1 Å². The molecule has 1 saturated carbocycles. The fraction of sp³-hybridized carbons (Fsp3) is 0.364. The van der Waals surface area contributed by atoms with Crippen molar-refractivity contribution in [2.45, 2.75) is 58.2 Å². The molecule has 2 heterocycles. The number of halogens is 3. The molecule has 1 aliphatic carbocycles. The van der Waals surface area contributed by atoms with Crippen LogP contribution in [0.3, 0.4) is 0 Å². The number of alkyl halides is 3. The van der Waals surface area contributed by atoms with Gasteiger partial charge < -0.3 is 18.8 Å². The number of para-hydroxylation sites is 1. The summed E-state index contributed by atoms with van der Waals surface area (Å²) in [5, 5.41) is 3.19. The van der Waals surface area contributed by atoms with Crippen LogP contribution in [-0.2, 0) is 27.3 Å². The van der Waals surface area contributed by atoms with Crippen LogP contribution in [0.4, 0.5) is 19.1 Å². The minimum absolute atomic E-state index is 0.0411. The second-order valence-electron chi connectivity index (χ2n) is 11.2. The van der Waals surface area contributed by atoms with E-state index in [1.54, 1.807) is 44.7 Å². The highest BCUT2D eigenvalue weighted by molar-refractivity contribution is 6.06. The third-order valence-electron chi connectivity index (χ3n) is 8.06. The first-order chi connectivity index (χ1) is 22.0. The quantitative estimate of drug-likeness (QED) is 0.164. The number of anilines is 1. The lowest BCUT2D eigenvalue weighted by Gasteiger charge is -2.23. The number of hydrogen-bond acceptors (Lipinski definition) is 8. The Morgan fingerprint density at radius 3 is 2.41 bits per heavy atom. The van der Waals surface area contributed by atoms with Gasteiger partial charge in [-0.25, -0.2) is 19.6 Å². The molecule has 1 N–H and O–H groups in total. The van der Waals surface area contributed by atoms with Crippen LogP contribution in [-0.4, -0.2) is 52.8 Å². The van der Waals surface area contributed by atoms with Crippen LogP contribution in [0, 0.1) is 12.8 Å². The van der Waals surface area contributed by atoms with E-state index < -0.39 is 30.6 Å². The number of carbonyl (C=O) groups excluding carboxylic acids is 3. The van der Waals surface area contributed by atoms with Crippen LogP contribution in [0.2, 0.25) is 0 Å². The largest absolute Gasteiger partial charge is 0.496 e. The summed E-state index contributed by atoms with van der Waals surface area (Å²) in [4.78, 5) is 46.4. The van der Waals surface area contributed by atoms with E-state index in [0.29, 0.717) is 39.6 Å². The van der Waals surface area contributed by atoms with Crippen molar-refractivity contribution in [2.75, 3.05) is 19.5 Å². The number of benzene rings is 2. The molecule has 0 radical (unpaired) electrons. The molecule has 10 nitrogen and oxygen atoms in total. The predicted octanol–water partition coefficient (Wildman–Crippen LogP) is 6.43. The van der Waals surface area contributed by atoms with Gasteiger partial charge in [0.2, 0.25) is 5.95 Å². The number of aromatic nitrogens is 3. The van der Waals surface area contributed by atoms with Gasteiger partial charge in [0, 0.05) is 22.7 Å². The number of methoxy groups -OCH3 is 2. The summed E-state index contributed by atoms with van der Waals surface area (Å²) in [5.41, 5.74) is 3.23. The fourth-order valence-electron chi connectivity index (χ4n) is 5.84. The van der Waals surface area contributed by atoms with E-state index in [9.17, 15) is 27.6 Å². The molecule has 0 atom stereocenters. The van der Waals surface area contributed by atoms with Crippen LogP contribution in [0.5, 0.6) is 11.5 Å². The molecule has 0 saturated heterocycles. The highest BCUT2D eigenvalue weighted by atomic mass is 19.4. The number of nitrogens with zero attached hydrogens (tertiary/aromatic N) is 3. The molecular weight excluding hydrogens is 605 g/mol. The Bertz CT molecular complexity index is 1780. The SMILES string of the molecule is COc1cc(-c2nc(NC(=O)c3cc4ccccc4n3CC(=O)OC(=O)C(F)(F)F)ncc2CC2CCCCC2)c(OC)cc1C. The van der Waals surface area contributed by atoms with E-state index in [2.05, 4.69) is 15.0 Å². The zero-order valence-electron chi connectivity index (χ0n) is 25.6. The summed E-state index contributed by atoms with van der Waals surface area (Å²) < 4.78 is 54.5. The molecule has 0 spiro atoms. The summed E-state index contributed by atoms with van der Waals surface area (Å²) in [6.07, 6.45) is 2.76. The summed E-state index contributed by atoms with van der Waals surface area (Å²) in [7, 11) is 3.13. The standard InChI is InChI=1S/C33H33F3N4O6/c1-19-13-27(45-3)23(16-26(19)44-2)29-22(14-20-9-5-4-6-10-20)17-37-32(38-29)39-30(42)25-15-21-11-7-8-12-24(21)40(25)18-28(41)46-31(43)33(34,35)36/h7-8,11-13,15-17,20H,4-6,9-10,14,18H2,1-3H3,(H,37,38,39,42). The predicted molar refractivity (Wildman–Crippen MR) is 163 cm³/mol. The number of nitrogens with one attached hydrogen (secondary N) is 1. The number of rotatable bonds is 9. The highest BCUT2D eigenvalue weighted by Gasteiger charge is 2.42. The third kappa shape index (κ3) is 7.13. The molecule has 2 aromatic heterocycles. The number of amides is 1. The molecule has 242 valence electrons. The molecule has 0 bridgehead atoms. The van der Waals surface area contributed by atoms with Crippen LogP contribution in [0.15, 0.2) is 48.7 Å². The Kier molecular flexibility index (Phi) is 9.59. The Morgan fingerprint density at radius 1 is 1.00 bits per heavy atom. The normalized spacial score (nSPS) is 13.8. The van der Waals surface area contributed by atoms with E-state index in [1.807, 2.05) is 19.1 Å². The molecule has 4 aromatic rings. The first-order valence-corrected chi connectivity index (χ1v) is 14.8. The van der Waals surface area contributed by atoms with Crippen molar-refractivity contribution < 1.29 is 41.8 Å². The molecule has 0 unspecified atom stereocenters. The van der Waals surface area contributed by atoms with E-state index in [1.165, 1.54) is 17.1 Å². The first-order valence-electron chi connectivity index (χ1n) is 14.8. The maximum absolute atomic E-state index is 13.6. The molecule has 13 heteroatoms. The van der Waals surface area contributed by atoms with Gasteiger partial charge in [-0.1, -0.05) is 50.3 Å². The Balaban J connectivity index is 1.50. The summed E-state index contributed by atoms with van der Waals surface area (Å²) in [6, 6.07) is 11.7. The van der Waals surface area contributed by atoms with Crippen LogP contribution < -0.4 is 14.8 Å². The monoisotopic (exact) mass is 638 g/mol. The first kappa shape index (κ1) is 32.5. The van der Waals surface area contributed by atoms with Crippen molar-refractivity contribution in [3.05, 3.63) is 65.5 Å². The lowest BCUT2D eigenvalue weighted by atomic mass is 9.84. The van der Waals surface area contributed by atoms with E-state index in [0.717, 1.165) is 43.2 Å². The Labute approximate surface area is 262 Å². The minimum atomic E-state index is -5.35. The van der Waals surface area contributed by atoms with Gasteiger partial charge in [0.25, 0.3) is 5.91 Å². The number of fused-ring (bicyclic) bond motifs is 1. The van der Waals surface area contributed by atoms with Crippen molar-refractivity contribution >= 4 is 34.7 Å². The van der Waals surface area contributed by atoms with Gasteiger partial charge in [0.15, 0.2) is 0 Å². The van der Waals surface area contributed by atoms with Crippen molar-refractivity contribution in [1.29, 1.82) is 0 Å². The fourth-order valence-corrected chi connectivity index (χ4v) is 5.84. The number of ether oxygens (including phenoxy) is 3. The molecule has 5 rings (SSSR count). The van der Waals surface area contributed by atoms with E-state index >= 15 is 0 Å². The molecule has 2 aromatic carbocycles. The maximum atomic E-state index is 13.6. The summed E-state index contributed by atoms with van der Waals surface area (Å²) in [6.45, 7) is 1.07. The zero-order valence-corrected chi connectivity index (χ0v) is 25.6. The van der Waals surface area contributed by atoms with Gasteiger partial charge in [-0.15, -0.1) is 0 Å². The average Bonchev–Trinajstić information content (AvgIpc) is 3.39. The molecule has 1 amide bonds. The zero-order chi connectivity index (χ0) is 33.0. The van der Waals surface area contributed by atoms with Crippen molar-refractivity contribution in [2.24, 2.45) is 5.92 Å². The molecular formula is C33H33F3N4O6. The number of aryl methyl sites for hydroxylation is 1. The van der Waals surface area contributed by atoms with Gasteiger partial charge in [0.05, 0.1) is 19.9 Å². The van der Waals surface area contributed by atoms with Crippen molar-refractivity contribution in [3.63, 3.8) is 0 Å². The minimum Gasteiger partial charge on any atom is -0.496 e. The second kappa shape index (κ2) is 13.6. The molecule has 0 aliphatic heterocycles. The lowest BCUT2D eigenvalue weighted by Crippen LogP contribution is -2.30. The molecule has 46 heavy (non-hydrogen) atoms. The molecule has 1 aliphatic rings. The van der Waals surface area contributed by atoms with Gasteiger partial charge >= 0.3 is 18.1 Å². The van der Waals surface area contributed by atoms with Crippen molar-refractivity contribution in [3.8, 4) is 22.8 Å². The van der Waals surface area contributed by atoms with Crippen molar-refractivity contribution in [1.82, 2.24) is 14.5 Å².